The third kappa shape index (κ3) is 5.92. The Bertz CT molecular complexity index is 1020. The molecular weight excluding hydrogens is 404 g/mol. The first-order chi connectivity index (χ1) is 15.7. The van der Waals surface area contributed by atoms with Gasteiger partial charge >= 0.3 is 0 Å². The molecule has 0 radical (unpaired) electrons. The van der Waals surface area contributed by atoms with E-state index in [1.807, 2.05) is 56.6 Å². The largest absolute Gasteiger partial charge is 0.378 e. The van der Waals surface area contributed by atoms with Gasteiger partial charge in [0.1, 0.15) is 0 Å². The molecule has 1 fully saturated rings. The Hall–Kier alpha value is -3.72. The van der Waals surface area contributed by atoms with Crippen LogP contribution in [0.25, 0.3) is 0 Å². The average molecular weight is 433 g/mol. The fourth-order valence-electron chi connectivity index (χ4n) is 3.20. The number of hydrogen-bond acceptors (Lipinski definition) is 9. The molecule has 9 nitrogen and oxygen atoms in total. The first-order valence-electron chi connectivity index (χ1n) is 10.6. The molecule has 0 aliphatic carbocycles. The van der Waals surface area contributed by atoms with Crippen molar-refractivity contribution in [2.75, 3.05) is 60.9 Å². The van der Waals surface area contributed by atoms with E-state index in [0.29, 0.717) is 37.6 Å². The number of ether oxygens (including phenoxy) is 1. The monoisotopic (exact) mass is 432 g/mol. The van der Waals surface area contributed by atoms with E-state index in [9.17, 15) is 0 Å². The number of hydrogen-bond donors (Lipinski definition) is 2. The zero-order chi connectivity index (χ0) is 22.2. The summed E-state index contributed by atoms with van der Waals surface area (Å²) < 4.78 is 5.45. The molecule has 9 heteroatoms. The van der Waals surface area contributed by atoms with Crippen molar-refractivity contribution in [2.45, 2.75) is 6.54 Å². The molecule has 0 spiro atoms. The minimum absolute atomic E-state index is 0.387. The lowest BCUT2D eigenvalue weighted by molar-refractivity contribution is 0.122. The van der Waals surface area contributed by atoms with Gasteiger partial charge in [-0.1, -0.05) is 42.5 Å². The molecule has 1 aliphatic rings. The summed E-state index contributed by atoms with van der Waals surface area (Å²) in [7, 11) is 4.03. The van der Waals surface area contributed by atoms with Crippen molar-refractivity contribution in [2.24, 2.45) is 5.10 Å². The average Bonchev–Trinajstić information content (AvgIpc) is 2.84. The van der Waals surface area contributed by atoms with Gasteiger partial charge in [-0.05, 0) is 23.3 Å². The Morgan fingerprint density at radius 1 is 0.969 bits per heavy atom. The molecule has 0 amide bonds. The van der Waals surface area contributed by atoms with Crippen LogP contribution in [0.4, 0.5) is 23.5 Å². The molecule has 4 rings (SSSR count). The van der Waals surface area contributed by atoms with Crippen molar-refractivity contribution in [3.8, 4) is 0 Å². The molecule has 2 aromatic carbocycles. The van der Waals surface area contributed by atoms with Crippen LogP contribution in [-0.4, -0.2) is 61.6 Å². The van der Waals surface area contributed by atoms with E-state index in [1.165, 1.54) is 0 Å². The summed E-state index contributed by atoms with van der Waals surface area (Å²) in [6, 6.07) is 18.3. The van der Waals surface area contributed by atoms with E-state index in [1.54, 1.807) is 6.21 Å². The van der Waals surface area contributed by atoms with E-state index in [2.05, 4.69) is 52.7 Å². The highest BCUT2D eigenvalue weighted by molar-refractivity contribution is 5.80. The highest BCUT2D eigenvalue weighted by atomic mass is 16.5. The minimum atomic E-state index is 0.387. The third-order valence-corrected chi connectivity index (χ3v) is 5.00. The lowest BCUT2D eigenvalue weighted by atomic mass is 10.2. The maximum Gasteiger partial charge on any atom is 0.250 e. The van der Waals surface area contributed by atoms with Gasteiger partial charge in [-0.25, -0.2) is 5.43 Å². The van der Waals surface area contributed by atoms with Crippen LogP contribution in [0.15, 0.2) is 59.7 Å². The second-order valence-corrected chi connectivity index (χ2v) is 7.58. The third-order valence-electron chi connectivity index (χ3n) is 5.00. The van der Waals surface area contributed by atoms with E-state index >= 15 is 0 Å². The van der Waals surface area contributed by atoms with Crippen molar-refractivity contribution >= 4 is 29.7 Å². The van der Waals surface area contributed by atoms with E-state index in [4.69, 9.17) is 4.74 Å². The lowest BCUT2D eigenvalue weighted by Gasteiger charge is -2.27. The molecule has 3 aromatic rings. The number of morpholine rings is 1. The smallest absolute Gasteiger partial charge is 0.250 e. The van der Waals surface area contributed by atoms with Crippen LogP contribution < -0.4 is 20.5 Å². The van der Waals surface area contributed by atoms with Crippen molar-refractivity contribution in [1.29, 1.82) is 0 Å². The van der Waals surface area contributed by atoms with Gasteiger partial charge in [0.2, 0.25) is 17.8 Å². The Morgan fingerprint density at radius 2 is 1.69 bits per heavy atom. The number of rotatable bonds is 8. The quantitative estimate of drug-likeness (QED) is 0.415. The van der Waals surface area contributed by atoms with Crippen LogP contribution in [0.2, 0.25) is 0 Å². The summed E-state index contributed by atoms with van der Waals surface area (Å²) in [5, 5.41) is 7.61. The fraction of sp³-hybridized carbons (Fsp3) is 0.304. The number of anilines is 4. The maximum atomic E-state index is 5.45. The van der Waals surface area contributed by atoms with Gasteiger partial charge in [0.25, 0.3) is 0 Å². The molecule has 0 unspecified atom stereocenters. The Morgan fingerprint density at radius 3 is 2.41 bits per heavy atom. The molecule has 2 N–H and O–H groups in total. The van der Waals surface area contributed by atoms with Crippen LogP contribution in [0.3, 0.4) is 0 Å². The van der Waals surface area contributed by atoms with Crippen molar-refractivity contribution < 1.29 is 4.74 Å². The second-order valence-electron chi connectivity index (χ2n) is 7.58. The Balaban J connectivity index is 1.48. The van der Waals surface area contributed by atoms with Crippen LogP contribution in [0, 0.1) is 0 Å². The van der Waals surface area contributed by atoms with Crippen LogP contribution in [0.5, 0.6) is 0 Å². The predicted molar refractivity (Wildman–Crippen MR) is 129 cm³/mol. The molecule has 1 aliphatic heterocycles. The molecule has 1 saturated heterocycles. The topological polar surface area (TPSA) is 90.8 Å². The van der Waals surface area contributed by atoms with Crippen molar-refractivity contribution in [1.82, 2.24) is 15.0 Å². The number of aromatic nitrogens is 3. The zero-order valence-corrected chi connectivity index (χ0v) is 18.4. The van der Waals surface area contributed by atoms with Crippen LogP contribution >= 0.6 is 0 Å². The fourth-order valence-corrected chi connectivity index (χ4v) is 3.20. The zero-order valence-electron chi connectivity index (χ0n) is 18.4. The highest BCUT2D eigenvalue weighted by Gasteiger charge is 2.16. The molecular formula is C23H28N8O. The Kier molecular flexibility index (Phi) is 7.08. The van der Waals surface area contributed by atoms with Gasteiger partial charge in [0, 0.05) is 39.4 Å². The molecule has 1 aromatic heterocycles. The van der Waals surface area contributed by atoms with Crippen molar-refractivity contribution in [3.05, 3.63) is 65.7 Å². The molecule has 2 heterocycles. The maximum absolute atomic E-state index is 5.45. The van der Waals surface area contributed by atoms with E-state index in [0.717, 1.165) is 29.9 Å². The van der Waals surface area contributed by atoms with Gasteiger partial charge in [-0.15, -0.1) is 0 Å². The highest BCUT2D eigenvalue weighted by Crippen LogP contribution is 2.16. The normalized spacial score (nSPS) is 13.9. The summed E-state index contributed by atoms with van der Waals surface area (Å²) in [5.74, 6) is 1.49. The summed E-state index contributed by atoms with van der Waals surface area (Å²) >= 11 is 0. The molecule has 0 bridgehead atoms. The predicted octanol–water partition coefficient (Wildman–Crippen LogP) is 2.83. The SMILES string of the molecule is CN(C)c1ccc(/C=N/Nc2nc(NCc3ccccc3)nc(N3CCOCC3)n2)cc1. The summed E-state index contributed by atoms with van der Waals surface area (Å²) in [5.41, 5.74) is 6.21. The van der Waals surface area contributed by atoms with Crippen LogP contribution in [0.1, 0.15) is 11.1 Å². The number of nitrogens with zero attached hydrogens (tertiary/aromatic N) is 6. The number of nitrogens with one attached hydrogen (secondary N) is 2. The van der Waals surface area contributed by atoms with Crippen molar-refractivity contribution in [3.63, 3.8) is 0 Å². The van der Waals surface area contributed by atoms with Gasteiger partial charge in [0.05, 0.1) is 19.4 Å². The number of benzene rings is 2. The lowest BCUT2D eigenvalue weighted by Crippen LogP contribution is -2.37. The van der Waals surface area contributed by atoms with E-state index < -0.39 is 0 Å². The Labute approximate surface area is 188 Å². The first-order valence-corrected chi connectivity index (χ1v) is 10.6. The molecule has 0 saturated carbocycles. The summed E-state index contributed by atoms with van der Waals surface area (Å²) in [4.78, 5) is 17.8. The van der Waals surface area contributed by atoms with Gasteiger partial charge in [0.15, 0.2) is 0 Å². The standard InChI is InChI=1S/C23H28N8O/c1-30(2)20-10-8-19(9-11-20)17-25-29-22-26-21(24-16-18-6-4-3-5-7-18)27-23(28-22)31-12-14-32-15-13-31/h3-11,17H,12-16H2,1-2H3,(H2,24,26,27,28,29)/b25-17+. The summed E-state index contributed by atoms with van der Waals surface area (Å²) in [6.45, 7) is 3.41. The van der Waals surface area contributed by atoms with Gasteiger partial charge in [-0.2, -0.15) is 20.1 Å². The van der Waals surface area contributed by atoms with Gasteiger partial charge < -0.3 is 19.9 Å². The van der Waals surface area contributed by atoms with Gasteiger partial charge in [-0.3, -0.25) is 0 Å². The van der Waals surface area contributed by atoms with Crippen LogP contribution in [-0.2, 0) is 11.3 Å². The van der Waals surface area contributed by atoms with E-state index in [-0.39, 0.29) is 0 Å². The minimum Gasteiger partial charge on any atom is -0.378 e. The second kappa shape index (κ2) is 10.5. The number of hydrazone groups is 1. The molecule has 0 atom stereocenters. The summed E-state index contributed by atoms with van der Waals surface area (Å²) in [6.07, 6.45) is 1.74. The molecule has 32 heavy (non-hydrogen) atoms. The molecule has 166 valence electrons. The first kappa shape index (κ1) is 21.5.